The van der Waals surface area contributed by atoms with Crippen LogP contribution in [0.3, 0.4) is 0 Å². The molecule has 0 saturated heterocycles. The molecule has 0 radical (unpaired) electrons. The number of nitrogens with one attached hydrogen (secondary N) is 1. The average molecular weight is 272 g/mol. The monoisotopic (exact) mass is 272 g/mol. The zero-order valence-electron chi connectivity index (χ0n) is 12.3. The lowest BCUT2D eigenvalue weighted by Gasteiger charge is -2.26. The van der Waals surface area contributed by atoms with E-state index >= 15 is 0 Å². The number of benzene rings is 1. The Hall–Kier alpha value is -1.53. The quantitative estimate of drug-likeness (QED) is 0.862. The normalized spacial score (nSPS) is 22.2. The molecule has 0 bridgehead atoms. The SMILES string of the molecule is CC1CCC(CNCc2ccc(OCC#N)cc2)CC1. The highest BCUT2D eigenvalue weighted by atomic mass is 16.5. The molecule has 1 aliphatic carbocycles. The molecule has 0 unspecified atom stereocenters. The fraction of sp³-hybridized carbons (Fsp3) is 0.588. The summed E-state index contributed by atoms with van der Waals surface area (Å²) in [5.74, 6) is 2.54. The summed E-state index contributed by atoms with van der Waals surface area (Å²) in [7, 11) is 0. The predicted octanol–water partition coefficient (Wildman–Crippen LogP) is 3.50. The molecule has 108 valence electrons. The molecule has 1 aromatic carbocycles. The van der Waals surface area contributed by atoms with Gasteiger partial charge in [0.15, 0.2) is 6.61 Å². The minimum atomic E-state index is 0.109. The van der Waals surface area contributed by atoms with Crippen molar-refractivity contribution in [3.8, 4) is 11.8 Å². The van der Waals surface area contributed by atoms with E-state index in [-0.39, 0.29) is 6.61 Å². The maximum Gasteiger partial charge on any atom is 0.174 e. The number of nitriles is 1. The highest BCUT2D eigenvalue weighted by Gasteiger charge is 2.17. The van der Waals surface area contributed by atoms with Gasteiger partial charge in [-0.1, -0.05) is 31.9 Å². The first-order chi connectivity index (χ1) is 9.78. The molecule has 2 rings (SSSR count). The van der Waals surface area contributed by atoms with Crippen molar-refractivity contribution >= 4 is 0 Å². The van der Waals surface area contributed by atoms with Gasteiger partial charge in [0.1, 0.15) is 11.8 Å². The Bertz CT molecular complexity index is 427. The van der Waals surface area contributed by atoms with Gasteiger partial charge < -0.3 is 10.1 Å². The zero-order chi connectivity index (χ0) is 14.2. The maximum absolute atomic E-state index is 8.45. The van der Waals surface area contributed by atoms with E-state index in [1.165, 1.54) is 31.2 Å². The lowest BCUT2D eigenvalue weighted by Crippen LogP contribution is -2.25. The lowest BCUT2D eigenvalue weighted by molar-refractivity contribution is 0.281. The Kier molecular flexibility index (Phi) is 5.88. The molecule has 1 N–H and O–H groups in total. The molecule has 1 aromatic rings. The molecule has 1 saturated carbocycles. The van der Waals surface area contributed by atoms with E-state index in [9.17, 15) is 0 Å². The van der Waals surface area contributed by atoms with E-state index < -0.39 is 0 Å². The number of hydrogen-bond acceptors (Lipinski definition) is 3. The summed E-state index contributed by atoms with van der Waals surface area (Å²) >= 11 is 0. The number of rotatable bonds is 6. The van der Waals surface area contributed by atoms with Crippen LogP contribution in [0.15, 0.2) is 24.3 Å². The minimum Gasteiger partial charge on any atom is -0.479 e. The van der Waals surface area contributed by atoms with Crippen LogP contribution in [0.25, 0.3) is 0 Å². The molecule has 0 aromatic heterocycles. The van der Waals surface area contributed by atoms with Crippen molar-refractivity contribution in [3.63, 3.8) is 0 Å². The number of ether oxygens (including phenoxy) is 1. The third-order valence-electron chi connectivity index (χ3n) is 4.12. The van der Waals surface area contributed by atoms with Crippen LogP contribution in [0.1, 0.15) is 38.2 Å². The Balaban J connectivity index is 1.67. The highest BCUT2D eigenvalue weighted by Crippen LogP contribution is 2.27. The van der Waals surface area contributed by atoms with E-state index in [1.54, 1.807) is 0 Å². The van der Waals surface area contributed by atoms with Crippen LogP contribution in [0.5, 0.6) is 5.75 Å². The molecule has 0 atom stereocenters. The summed E-state index contributed by atoms with van der Waals surface area (Å²) < 4.78 is 5.24. The van der Waals surface area contributed by atoms with Crippen molar-refractivity contribution < 1.29 is 4.74 Å². The van der Waals surface area contributed by atoms with Crippen LogP contribution in [0, 0.1) is 23.2 Å². The first-order valence-corrected chi connectivity index (χ1v) is 7.57. The van der Waals surface area contributed by atoms with Gasteiger partial charge in [-0.3, -0.25) is 0 Å². The third kappa shape index (κ3) is 4.86. The van der Waals surface area contributed by atoms with Gasteiger partial charge in [-0.15, -0.1) is 0 Å². The van der Waals surface area contributed by atoms with Gasteiger partial charge >= 0.3 is 0 Å². The van der Waals surface area contributed by atoms with E-state index in [2.05, 4.69) is 24.4 Å². The van der Waals surface area contributed by atoms with Gasteiger partial charge in [-0.2, -0.15) is 5.26 Å². The smallest absolute Gasteiger partial charge is 0.174 e. The largest absolute Gasteiger partial charge is 0.479 e. The fourth-order valence-electron chi connectivity index (χ4n) is 2.77. The Morgan fingerprint density at radius 2 is 1.90 bits per heavy atom. The van der Waals surface area contributed by atoms with Gasteiger partial charge in [0.25, 0.3) is 0 Å². The standard InChI is InChI=1S/C17H24N2O/c1-14-2-4-15(5-3-14)12-19-13-16-6-8-17(9-7-16)20-11-10-18/h6-9,14-15,19H,2-5,11-13H2,1H3. The van der Waals surface area contributed by atoms with Crippen LogP contribution in [0.4, 0.5) is 0 Å². The van der Waals surface area contributed by atoms with Gasteiger partial charge in [0, 0.05) is 6.54 Å². The molecule has 0 spiro atoms. The summed E-state index contributed by atoms with van der Waals surface area (Å²) in [6.45, 7) is 4.50. The summed E-state index contributed by atoms with van der Waals surface area (Å²) in [6.07, 6.45) is 5.51. The summed E-state index contributed by atoms with van der Waals surface area (Å²) in [5, 5.41) is 12.0. The summed E-state index contributed by atoms with van der Waals surface area (Å²) in [5.41, 5.74) is 1.26. The van der Waals surface area contributed by atoms with Crippen LogP contribution in [-0.2, 0) is 6.54 Å². The van der Waals surface area contributed by atoms with Crippen LogP contribution < -0.4 is 10.1 Å². The third-order valence-corrected chi connectivity index (χ3v) is 4.12. The van der Waals surface area contributed by atoms with Crippen molar-refractivity contribution in [3.05, 3.63) is 29.8 Å². The molecular formula is C17H24N2O. The molecule has 1 aliphatic rings. The fourth-order valence-corrected chi connectivity index (χ4v) is 2.77. The number of hydrogen-bond donors (Lipinski definition) is 1. The van der Waals surface area contributed by atoms with Gasteiger partial charge in [-0.25, -0.2) is 0 Å². The molecule has 0 aliphatic heterocycles. The second-order valence-corrected chi connectivity index (χ2v) is 5.85. The van der Waals surface area contributed by atoms with Crippen LogP contribution in [0.2, 0.25) is 0 Å². The van der Waals surface area contributed by atoms with Crippen molar-refractivity contribution in [1.82, 2.24) is 5.32 Å². The first kappa shape index (κ1) is 14.9. The number of nitrogens with zero attached hydrogens (tertiary/aromatic N) is 1. The van der Waals surface area contributed by atoms with Crippen molar-refractivity contribution in [1.29, 1.82) is 5.26 Å². The van der Waals surface area contributed by atoms with Gasteiger partial charge in [0.05, 0.1) is 0 Å². The van der Waals surface area contributed by atoms with E-state index in [1.807, 2.05) is 18.2 Å². The van der Waals surface area contributed by atoms with Crippen molar-refractivity contribution in [2.24, 2.45) is 11.8 Å². The molecular weight excluding hydrogens is 248 g/mol. The molecule has 1 fully saturated rings. The maximum atomic E-state index is 8.45. The molecule has 0 heterocycles. The van der Waals surface area contributed by atoms with Crippen LogP contribution >= 0.6 is 0 Å². The van der Waals surface area contributed by atoms with Gasteiger partial charge in [0.2, 0.25) is 0 Å². The Morgan fingerprint density at radius 3 is 2.55 bits per heavy atom. The Morgan fingerprint density at radius 1 is 1.20 bits per heavy atom. The van der Waals surface area contributed by atoms with E-state index in [4.69, 9.17) is 10.00 Å². The van der Waals surface area contributed by atoms with E-state index in [0.717, 1.165) is 30.7 Å². The van der Waals surface area contributed by atoms with Gasteiger partial charge in [-0.05, 0) is 48.9 Å². The molecule has 3 nitrogen and oxygen atoms in total. The molecule has 3 heteroatoms. The second-order valence-electron chi connectivity index (χ2n) is 5.85. The molecule has 0 amide bonds. The predicted molar refractivity (Wildman–Crippen MR) is 80.4 cm³/mol. The molecule has 20 heavy (non-hydrogen) atoms. The first-order valence-electron chi connectivity index (χ1n) is 7.57. The summed E-state index contributed by atoms with van der Waals surface area (Å²) in [6, 6.07) is 9.94. The second kappa shape index (κ2) is 7.91. The zero-order valence-corrected chi connectivity index (χ0v) is 12.3. The van der Waals surface area contributed by atoms with Crippen molar-refractivity contribution in [2.45, 2.75) is 39.2 Å². The van der Waals surface area contributed by atoms with Crippen molar-refractivity contribution in [2.75, 3.05) is 13.2 Å². The topological polar surface area (TPSA) is 45.0 Å². The Labute approximate surface area is 121 Å². The lowest BCUT2D eigenvalue weighted by atomic mass is 9.83. The van der Waals surface area contributed by atoms with Crippen LogP contribution in [-0.4, -0.2) is 13.2 Å². The van der Waals surface area contributed by atoms with E-state index in [0.29, 0.717) is 0 Å². The average Bonchev–Trinajstić information content (AvgIpc) is 2.48. The highest BCUT2D eigenvalue weighted by molar-refractivity contribution is 5.27. The minimum absolute atomic E-state index is 0.109. The summed E-state index contributed by atoms with van der Waals surface area (Å²) in [4.78, 5) is 0.